The van der Waals surface area contributed by atoms with Crippen LogP contribution in [0.25, 0.3) is 5.57 Å². The van der Waals surface area contributed by atoms with Gasteiger partial charge in [-0.15, -0.1) is 10.2 Å². The summed E-state index contributed by atoms with van der Waals surface area (Å²) in [7, 11) is 1.97. The first-order chi connectivity index (χ1) is 17.5. The number of carbonyl (C=O) groups is 1. The fourth-order valence-electron chi connectivity index (χ4n) is 6.41. The van der Waals surface area contributed by atoms with Gasteiger partial charge in [0, 0.05) is 49.4 Å². The van der Waals surface area contributed by atoms with Crippen molar-refractivity contribution in [3.63, 3.8) is 0 Å². The molecule has 0 aliphatic carbocycles. The van der Waals surface area contributed by atoms with Crippen LogP contribution in [0, 0.1) is 12.8 Å². The standard InChI is InChI=1S/C29H31N5O2/c1-19-10-21(26-14-33-8-6-20(26)7-9-33)11-24-25(19)15-34(28(24)35)23-5-3-4-22(12-23)29(16-36-17-29)13-27-31-30-18-32(27)2/h3-5,10-12,14,18,20H,6-9,13,15-17H2,1-2H3. The van der Waals surface area contributed by atoms with Crippen molar-refractivity contribution < 1.29 is 9.53 Å². The molecule has 0 atom stereocenters. The summed E-state index contributed by atoms with van der Waals surface area (Å²) in [5.74, 6) is 1.66. The average molecular weight is 482 g/mol. The number of benzene rings is 2. The molecule has 7 nitrogen and oxygen atoms in total. The molecule has 2 aromatic carbocycles. The van der Waals surface area contributed by atoms with E-state index in [2.05, 4.69) is 64.6 Å². The van der Waals surface area contributed by atoms with Gasteiger partial charge in [0.15, 0.2) is 0 Å². The van der Waals surface area contributed by atoms with Crippen molar-refractivity contribution in [2.45, 2.75) is 38.1 Å². The van der Waals surface area contributed by atoms with E-state index in [9.17, 15) is 4.79 Å². The number of rotatable bonds is 5. The predicted molar refractivity (Wildman–Crippen MR) is 138 cm³/mol. The highest BCUT2D eigenvalue weighted by Gasteiger charge is 2.42. The molecule has 0 radical (unpaired) electrons. The molecule has 36 heavy (non-hydrogen) atoms. The van der Waals surface area contributed by atoms with E-state index in [-0.39, 0.29) is 11.3 Å². The van der Waals surface area contributed by atoms with Crippen molar-refractivity contribution >= 4 is 17.2 Å². The van der Waals surface area contributed by atoms with Gasteiger partial charge in [0.1, 0.15) is 12.2 Å². The van der Waals surface area contributed by atoms with Crippen molar-refractivity contribution in [2.75, 3.05) is 31.2 Å². The van der Waals surface area contributed by atoms with E-state index < -0.39 is 0 Å². The Kier molecular flexibility index (Phi) is 4.86. The van der Waals surface area contributed by atoms with Crippen LogP contribution in [0.15, 0.2) is 48.9 Å². The number of carbonyl (C=O) groups excluding carboxylic acids is 1. The van der Waals surface area contributed by atoms with E-state index >= 15 is 0 Å². The molecule has 184 valence electrons. The first kappa shape index (κ1) is 21.8. The lowest BCUT2D eigenvalue weighted by molar-refractivity contribution is -0.0611. The van der Waals surface area contributed by atoms with Crippen molar-refractivity contribution in [2.24, 2.45) is 13.0 Å². The van der Waals surface area contributed by atoms with Gasteiger partial charge < -0.3 is 19.1 Å². The molecule has 0 unspecified atom stereocenters. The summed E-state index contributed by atoms with van der Waals surface area (Å²) >= 11 is 0. The molecule has 7 heteroatoms. The number of fused-ring (bicyclic) bond motifs is 3. The summed E-state index contributed by atoms with van der Waals surface area (Å²) in [5.41, 5.74) is 7.83. The number of nitrogens with zero attached hydrogens (tertiary/aromatic N) is 5. The molecule has 0 saturated carbocycles. The van der Waals surface area contributed by atoms with E-state index in [1.54, 1.807) is 6.33 Å². The Balaban J connectivity index is 1.20. The Bertz CT molecular complexity index is 1390. The zero-order valence-electron chi connectivity index (χ0n) is 20.9. The molecule has 2 fully saturated rings. The lowest BCUT2D eigenvalue weighted by Crippen LogP contribution is -2.49. The number of aromatic nitrogens is 3. The van der Waals surface area contributed by atoms with Gasteiger partial charge >= 0.3 is 0 Å². The second-order valence-corrected chi connectivity index (χ2v) is 11.0. The van der Waals surface area contributed by atoms with E-state index in [0.717, 1.165) is 42.1 Å². The second-order valence-electron chi connectivity index (χ2n) is 11.0. The van der Waals surface area contributed by atoms with Crippen LogP contribution in [0.2, 0.25) is 0 Å². The summed E-state index contributed by atoms with van der Waals surface area (Å²) in [6, 6.07) is 12.9. The molecule has 0 spiro atoms. The van der Waals surface area contributed by atoms with Gasteiger partial charge in [-0.3, -0.25) is 4.79 Å². The van der Waals surface area contributed by atoms with Gasteiger partial charge in [-0.1, -0.05) is 18.2 Å². The Hall–Kier alpha value is -3.45. The third kappa shape index (κ3) is 3.33. The van der Waals surface area contributed by atoms with Crippen LogP contribution >= 0.6 is 0 Å². The first-order valence-corrected chi connectivity index (χ1v) is 12.9. The van der Waals surface area contributed by atoms with Crippen LogP contribution in [0.3, 0.4) is 0 Å². The maximum atomic E-state index is 13.7. The van der Waals surface area contributed by atoms with Crippen LogP contribution in [-0.4, -0.2) is 51.9 Å². The maximum absolute atomic E-state index is 13.7. The fourth-order valence-corrected chi connectivity index (χ4v) is 6.41. The first-order valence-electron chi connectivity index (χ1n) is 12.9. The van der Waals surface area contributed by atoms with Crippen molar-refractivity contribution in [3.05, 3.63) is 82.6 Å². The summed E-state index contributed by atoms with van der Waals surface area (Å²) in [6.45, 7) is 6.37. The number of hydrogen-bond donors (Lipinski definition) is 0. The number of anilines is 1. The summed E-state index contributed by atoms with van der Waals surface area (Å²) in [4.78, 5) is 18.1. The van der Waals surface area contributed by atoms with Crippen LogP contribution in [0.5, 0.6) is 0 Å². The largest absolute Gasteiger partial charge is 0.379 e. The Labute approximate surface area is 211 Å². The average Bonchev–Trinajstić information content (AvgIpc) is 3.44. The lowest BCUT2D eigenvalue weighted by Gasteiger charge is -2.42. The molecule has 5 aliphatic heterocycles. The Morgan fingerprint density at radius 1 is 1.14 bits per heavy atom. The van der Waals surface area contributed by atoms with E-state index in [4.69, 9.17) is 4.74 Å². The van der Waals surface area contributed by atoms with Gasteiger partial charge in [-0.25, -0.2) is 0 Å². The SMILES string of the molecule is Cc1cc(C2=CN3CCC2CC3)cc2c1CN(c1cccc(C3(Cc4nncn4C)COC3)c1)C2=O. The summed E-state index contributed by atoms with van der Waals surface area (Å²) in [5, 5.41) is 8.35. The van der Waals surface area contributed by atoms with E-state index in [0.29, 0.717) is 25.7 Å². The molecule has 8 rings (SSSR count). The minimum atomic E-state index is -0.141. The number of allylic oxidation sites excluding steroid dienone is 1. The summed E-state index contributed by atoms with van der Waals surface area (Å²) < 4.78 is 7.65. The Morgan fingerprint density at radius 3 is 2.64 bits per heavy atom. The minimum absolute atomic E-state index is 0.0983. The Morgan fingerprint density at radius 2 is 1.97 bits per heavy atom. The molecule has 2 bridgehead atoms. The predicted octanol–water partition coefficient (Wildman–Crippen LogP) is 3.86. The number of aryl methyl sites for hydroxylation is 2. The van der Waals surface area contributed by atoms with E-state index in [1.807, 2.05) is 16.5 Å². The molecule has 5 aliphatic rings. The van der Waals surface area contributed by atoms with Crippen LogP contribution in [0.4, 0.5) is 5.69 Å². The van der Waals surface area contributed by atoms with Gasteiger partial charge in [0.25, 0.3) is 5.91 Å². The maximum Gasteiger partial charge on any atom is 0.258 e. The van der Waals surface area contributed by atoms with Crippen LogP contribution in [-0.2, 0) is 30.2 Å². The van der Waals surface area contributed by atoms with Crippen molar-refractivity contribution in [3.8, 4) is 0 Å². The second kappa shape index (κ2) is 8.03. The van der Waals surface area contributed by atoms with Gasteiger partial charge in [-0.2, -0.15) is 0 Å². The fraction of sp³-hybridized carbons (Fsp3) is 0.414. The summed E-state index contributed by atoms with van der Waals surface area (Å²) in [6.07, 6.45) is 7.26. The smallest absolute Gasteiger partial charge is 0.258 e. The number of piperidine rings is 1. The highest BCUT2D eigenvalue weighted by Crippen LogP contribution is 2.41. The molecule has 3 aromatic rings. The molecule has 6 heterocycles. The zero-order valence-corrected chi connectivity index (χ0v) is 20.9. The molecular weight excluding hydrogens is 450 g/mol. The zero-order chi connectivity index (χ0) is 24.4. The van der Waals surface area contributed by atoms with Crippen molar-refractivity contribution in [1.82, 2.24) is 19.7 Å². The number of hydrogen-bond acceptors (Lipinski definition) is 5. The van der Waals surface area contributed by atoms with Crippen LogP contribution < -0.4 is 4.90 Å². The van der Waals surface area contributed by atoms with Gasteiger partial charge in [0.05, 0.1) is 19.8 Å². The monoisotopic (exact) mass is 481 g/mol. The quantitative estimate of drug-likeness (QED) is 0.554. The third-order valence-corrected chi connectivity index (χ3v) is 8.72. The number of ether oxygens (including phenoxy) is 1. The highest BCUT2D eigenvalue weighted by atomic mass is 16.5. The number of amides is 1. The third-order valence-electron chi connectivity index (χ3n) is 8.72. The lowest BCUT2D eigenvalue weighted by atomic mass is 9.75. The molecule has 1 aromatic heterocycles. The van der Waals surface area contributed by atoms with Crippen LogP contribution in [0.1, 0.15) is 51.3 Å². The highest BCUT2D eigenvalue weighted by molar-refractivity contribution is 6.10. The van der Waals surface area contributed by atoms with Gasteiger partial charge in [0.2, 0.25) is 0 Å². The molecule has 0 N–H and O–H groups in total. The van der Waals surface area contributed by atoms with Crippen molar-refractivity contribution in [1.29, 1.82) is 0 Å². The molecule has 2 saturated heterocycles. The van der Waals surface area contributed by atoms with E-state index in [1.165, 1.54) is 35.1 Å². The molecule has 1 amide bonds. The van der Waals surface area contributed by atoms with Gasteiger partial charge in [-0.05, 0) is 71.7 Å². The molecular formula is C29H31N5O2. The minimum Gasteiger partial charge on any atom is -0.379 e. The normalized spacial score (nSPS) is 20.5. The topological polar surface area (TPSA) is 63.5 Å².